The highest BCUT2D eigenvalue weighted by Crippen LogP contribution is 2.17. The number of ether oxygens (including phenoxy) is 3. The number of esters is 3. The zero-order valence-electron chi connectivity index (χ0n) is 41.2. The van der Waals surface area contributed by atoms with Crippen LogP contribution < -0.4 is 0 Å². The smallest absolute Gasteiger partial charge is 0.306 e. The van der Waals surface area contributed by atoms with E-state index in [1.165, 1.54) is 186 Å². The largest absolute Gasteiger partial charge is 0.462 e. The summed E-state index contributed by atoms with van der Waals surface area (Å²) in [5.41, 5.74) is 0. The van der Waals surface area contributed by atoms with Gasteiger partial charge in [-0.05, 0) is 38.5 Å². The minimum atomic E-state index is -0.767. The molecule has 0 aliphatic rings. The number of carbonyl (C=O) groups is 3. The van der Waals surface area contributed by atoms with Crippen LogP contribution in [0, 0.1) is 0 Å². The molecule has 0 saturated heterocycles. The fourth-order valence-electron chi connectivity index (χ4n) is 8.13. The van der Waals surface area contributed by atoms with E-state index in [-0.39, 0.29) is 31.1 Å². The van der Waals surface area contributed by atoms with Gasteiger partial charge in [-0.3, -0.25) is 14.4 Å². The van der Waals surface area contributed by atoms with Gasteiger partial charge in [0, 0.05) is 19.3 Å². The van der Waals surface area contributed by atoms with Crippen LogP contribution in [-0.2, 0) is 28.6 Å². The Morgan fingerprint density at radius 3 is 0.869 bits per heavy atom. The molecule has 0 aromatic carbocycles. The van der Waals surface area contributed by atoms with Gasteiger partial charge in [-0.2, -0.15) is 0 Å². The Kier molecular flexibility index (Phi) is 49.3. The van der Waals surface area contributed by atoms with Gasteiger partial charge in [-0.15, -0.1) is 0 Å². The Labute approximate surface area is 380 Å². The zero-order valence-corrected chi connectivity index (χ0v) is 41.2. The molecule has 0 fully saturated rings. The van der Waals surface area contributed by atoms with Gasteiger partial charge in [0.15, 0.2) is 6.10 Å². The van der Waals surface area contributed by atoms with E-state index >= 15 is 0 Å². The lowest BCUT2D eigenvalue weighted by atomic mass is 10.0. The first-order valence-electron chi connectivity index (χ1n) is 27.2. The average Bonchev–Trinajstić information content (AvgIpc) is 3.26. The molecular formula is C55H104O6. The quantitative estimate of drug-likeness (QED) is 0.0262. The Balaban J connectivity index is 4.26. The second-order valence-electron chi connectivity index (χ2n) is 18.5. The molecule has 1 unspecified atom stereocenters. The molecule has 0 heterocycles. The maximum absolute atomic E-state index is 12.8. The van der Waals surface area contributed by atoms with Crippen LogP contribution in [0.15, 0.2) is 12.2 Å². The molecule has 0 bridgehead atoms. The monoisotopic (exact) mass is 861 g/mol. The van der Waals surface area contributed by atoms with E-state index in [1.807, 2.05) is 0 Å². The van der Waals surface area contributed by atoms with Crippen LogP contribution in [-0.4, -0.2) is 37.2 Å². The highest BCUT2D eigenvalue weighted by molar-refractivity contribution is 5.71. The van der Waals surface area contributed by atoms with E-state index in [9.17, 15) is 14.4 Å². The van der Waals surface area contributed by atoms with E-state index < -0.39 is 6.10 Å². The van der Waals surface area contributed by atoms with Crippen molar-refractivity contribution in [1.29, 1.82) is 0 Å². The van der Waals surface area contributed by atoms with Gasteiger partial charge in [0.1, 0.15) is 13.2 Å². The van der Waals surface area contributed by atoms with Crippen molar-refractivity contribution >= 4 is 17.9 Å². The topological polar surface area (TPSA) is 78.9 Å². The van der Waals surface area contributed by atoms with E-state index in [2.05, 4.69) is 32.9 Å². The standard InChI is InChI=1S/C55H104O6/c1-4-7-10-13-16-19-22-24-26-27-28-30-31-33-36-39-42-45-48-54(57)60-51-52(50-59-53(56)47-44-41-38-35-21-18-15-12-9-6-3)61-55(58)49-46-43-40-37-34-32-29-25-23-20-17-14-11-8-5-2/h15,18,52H,4-14,16-17,19-51H2,1-3H3/b18-15-. The van der Waals surface area contributed by atoms with E-state index in [0.717, 1.165) is 77.0 Å². The van der Waals surface area contributed by atoms with Crippen molar-refractivity contribution in [3.8, 4) is 0 Å². The summed E-state index contributed by atoms with van der Waals surface area (Å²) < 4.78 is 16.8. The second kappa shape index (κ2) is 50.8. The molecule has 0 rings (SSSR count). The van der Waals surface area contributed by atoms with E-state index in [1.54, 1.807) is 0 Å². The summed E-state index contributed by atoms with van der Waals surface area (Å²) in [6, 6.07) is 0. The van der Waals surface area contributed by atoms with Crippen molar-refractivity contribution in [3.05, 3.63) is 12.2 Å². The lowest BCUT2D eigenvalue weighted by Gasteiger charge is -2.18. The number of hydrogen-bond acceptors (Lipinski definition) is 6. The fourth-order valence-corrected chi connectivity index (χ4v) is 8.13. The molecule has 0 amide bonds. The molecule has 6 nitrogen and oxygen atoms in total. The van der Waals surface area contributed by atoms with Gasteiger partial charge in [0.05, 0.1) is 0 Å². The molecule has 0 saturated carbocycles. The van der Waals surface area contributed by atoms with Crippen LogP contribution in [0.25, 0.3) is 0 Å². The van der Waals surface area contributed by atoms with Gasteiger partial charge in [-0.25, -0.2) is 0 Å². The molecule has 0 aliphatic heterocycles. The minimum absolute atomic E-state index is 0.0679. The molecule has 6 heteroatoms. The second-order valence-corrected chi connectivity index (χ2v) is 18.5. The van der Waals surface area contributed by atoms with Crippen molar-refractivity contribution in [3.63, 3.8) is 0 Å². The van der Waals surface area contributed by atoms with Crippen LogP contribution in [0.3, 0.4) is 0 Å². The van der Waals surface area contributed by atoms with Crippen LogP contribution in [0.1, 0.15) is 303 Å². The van der Waals surface area contributed by atoms with Gasteiger partial charge in [0.2, 0.25) is 0 Å². The predicted octanol–water partition coefficient (Wildman–Crippen LogP) is 17.8. The van der Waals surface area contributed by atoms with Crippen LogP contribution >= 0.6 is 0 Å². The first kappa shape index (κ1) is 59.1. The highest BCUT2D eigenvalue weighted by atomic mass is 16.6. The van der Waals surface area contributed by atoms with Crippen molar-refractivity contribution in [2.45, 2.75) is 309 Å². The van der Waals surface area contributed by atoms with E-state index in [4.69, 9.17) is 14.2 Å². The molecule has 0 aromatic heterocycles. The summed E-state index contributed by atoms with van der Waals surface area (Å²) in [7, 11) is 0. The lowest BCUT2D eigenvalue weighted by Crippen LogP contribution is -2.30. The molecule has 0 spiro atoms. The van der Waals surface area contributed by atoms with Gasteiger partial charge < -0.3 is 14.2 Å². The Morgan fingerprint density at radius 2 is 0.557 bits per heavy atom. The summed E-state index contributed by atoms with van der Waals surface area (Å²) in [5, 5.41) is 0. The number of rotatable bonds is 50. The Hall–Kier alpha value is -1.85. The summed E-state index contributed by atoms with van der Waals surface area (Å²) in [5.74, 6) is -0.862. The van der Waals surface area contributed by atoms with Gasteiger partial charge >= 0.3 is 17.9 Å². The lowest BCUT2D eigenvalue weighted by molar-refractivity contribution is -0.167. The SMILES string of the molecule is CCCC/C=C\CCCCCCC(=O)OCC(COC(=O)CCCCCCCCCCCCCCCCCCCC)OC(=O)CCCCCCCCCCCCCCCCC. The number of allylic oxidation sites excluding steroid dienone is 2. The fraction of sp³-hybridized carbons (Fsp3) is 0.909. The zero-order chi connectivity index (χ0) is 44.4. The van der Waals surface area contributed by atoms with Gasteiger partial charge in [-0.1, -0.05) is 258 Å². The molecule has 0 N–H and O–H groups in total. The number of unbranched alkanes of at least 4 members (excludes halogenated alkanes) is 37. The van der Waals surface area contributed by atoms with Crippen molar-refractivity contribution < 1.29 is 28.6 Å². The molecular weight excluding hydrogens is 757 g/mol. The molecule has 1 atom stereocenters. The predicted molar refractivity (Wildman–Crippen MR) is 261 cm³/mol. The van der Waals surface area contributed by atoms with Crippen molar-refractivity contribution in [2.75, 3.05) is 13.2 Å². The number of hydrogen-bond donors (Lipinski definition) is 0. The molecule has 0 aromatic rings. The third-order valence-electron chi connectivity index (χ3n) is 12.3. The van der Waals surface area contributed by atoms with Crippen LogP contribution in [0.4, 0.5) is 0 Å². The molecule has 0 radical (unpaired) electrons. The summed E-state index contributed by atoms with van der Waals surface area (Å²) >= 11 is 0. The first-order chi connectivity index (χ1) is 30.0. The van der Waals surface area contributed by atoms with Crippen LogP contribution in [0.2, 0.25) is 0 Å². The van der Waals surface area contributed by atoms with Crippen molar-refractivity contribution in [2.24, 2.45) is 0 Å². The third-order valence-corrected chi connectivity index (χ3v) is 12.3. The molecule has 360 valence electrons. The summed E-state index contributed by atoms with van der Waals surface area (Å²) in [6.45, 7) is 6.63. The Morgan fingerprint density at radius 1 is 0.311 bits per heavy atom. The first-order valence-corrected chi connectivity index (χ1v) is 27.2. The van der Waals surface area contributed by atoms with Gasteiger partial charge in [0.25, 0.3) is 0 Å². The maximum atomic E-state index is 12.8. The Bertz CT molecular complexity index is 947. The summed E-state index contributed by atoms with van der Waals surface area (Å²) in [6.07, 6.45) is 56.3. The summed E-state index contributed by atoms with van der Waals surface area (Å²) in [4.78, 5) is 38.0. The highest BCUT2D eigenvalue weighted by Gasteiger charge is 2.19. The van der Waals surface area contributed by atoms with Crippen molar-refractivity contribution in [1.82, 2.24) is 0 Å². The third kappa shape index (κ3) is 49.0. The minimum Gasteiger partial charge on any atom is -0.462 e. The maximum Gasteiger partial charge on any atom is 0.306 e. The normalized spacial score (nSPS) is 12.0. The number of carbonyl (C=O) groups excluding carboxylic acids is 3. The molecule has 0 aliphatic carbocycles. The van der Waals surface area contributed by atoms with Crippen LogP contribution in [0.5, 0.6) is 0 Å². The average molecular weight is 861 g/mol. The van der Waals surface area contributed by atoms with E-state index in [0.29, 0.717) is 19.3 Å². The molecule has 61 heavy (non-hydrogen) atoms.